The van der Waals surface area contributed by atoms with Crippen molar-refractivity contribution in [2.45, 2.75) is 19.9 Å². The third-order valence-electron chi connectivity index (χ3n) is 3.50. The number of hydrogen-bond donors (Lipinski definition) is 2. The lowest BCUT2D eigenvalue weighted by Gasteiger charge is -2.19. The van der Waals surface area contributed by atoms with E-state index in [4.69, 9.17) is 12.2 Å². The molecule has 0 spiro atoms. The van der Waals surface area contributed by atoms with Crippen LogP contribution in [-0.4, -0.2) is 29.3 Å². The first-order valence-electron chi connectivity index (χ1n) is 8.05. The lowest BCUT2D eigenvalue weighted by molar-refractivity contribution is -0.384. The van der Waals surface area contributed by atoms with E-state index in [1.807, 2.05) is 44.2 Å². The predicted molar refractivity (Wildman–Crippen MR) is 109 cm³/mol. The molecule has 2 aromatic rings. The second-order valence-corrected chi connectivity index (χ2v) is 6.31. The van der Waals surface area contributed by atoms with Crippen LogP contribution in [0.1, 0.15) is 19.4 Å². The van der Waals surface area contributed by atoms with Crippen LogP contribution in [0.15, 0.2) is 53.6 Å². The number of nitro groups is 1. The molecule has 0 atom stereocenters. The molecule has 0 aliphatic heterocycles. The summed E-state index contributed by atoms with van der Waals surface area (Å²) in [6, 6.07) is 14.6. The van der Waals surface area contributed by atoms with Gasteiger partial charge >= 0.3 is 0 Å². The fourth-order valence-electron chi connectivity index (χ4n) is 2.30. The van der Waals surface area contributed by atoms with Crippen molar-refractivity contribution in [3.63, 3.8) is 0 Å². The largest absolute Gasteiger partial charge is 0.359 e. The zero-order valence-corrected chi connectivity index (χ0v) is 15.7. The minimum absolute atomic E-state index is 0.00295. The number of benzene rings is 2. The zero-order valence-electron chi connectivity index (χ0n) is 14.8. The van der Waals surface area contributed by atoms with Crippen LogP contribution in [0.25, 0.3) is 0 Å². The number of thiocarbonyl (C=S) groups is 1. The van der Waals surface area contributed by atoms with Crippen LogP contribution < -0.4 is 15.6 Å². The van der Waals surface area contributed by atoms with E-state index in [1.165, 1.54) is 12.3 Å². The van der Waals surface area contributed by atoms with E-state index in [0.717, 1.165) is 5.69 Å². The quantitative estimate of drug-likeness (QED) is 0.350. The monoisotopic (exact) mass is 371 g/mol. The van der Waals surface area contributed by atoms with Gasteiger partial charge in [0.05, 0.1) is 11.1 Å². The predicted octanol–water partition coefficient (Wildman–Crippen LogP) is 3.57. The van der Waals surface area contributed by atoms with Crippen molar-refractivity contribution >= 4 is 40.6 Å². The standard InChI is InChI=1S/C18H21N5O2S/c1-13(2)20-18(26)21-19-12-14-9-10-16(17(11-14)23(24)25)22(3)15-7-5-4-6-8-15/h4-13H,1-3H3,(H2,20,21,26)/b19-12-. The Bertz CT molecular complexity index is 808. The normalized spacial score (nSPS) is 10.8. The number of hydrogen-bond acceptors (Lipinski definition) is 5. The first-order valence-corrected chi connectivity index (χ1v) is 8.46. The average molecular weight is 371 g/mol. The number of nitrogens with zero attached hydrogens (tertiary/aromatic N) is 3. The molecule has 2 rings (SSSR count). The van der Waals surface area contributed by atoms with Crippen LogP contribution in [0, 0.1) is 10.1 Å². The fraction of sp³-hybridized carbons (Fsp3) is 0.222. The molecule has 0 aliphatic rings. The summed E-state index contributed by atoms with van der Waals surface area (Å²) >= 11 is 5.07. The van der Waals surface area contributed by atoms with E-state index < -0.39 is 4.92 Å². The van der Waals surface area contributed by atoms with E-state index in [-0.39, 0.29) is 11.7 Å². The minimum atomic E-state index is -0.398. The number of nitro benzene ring substituents is 1. The Labute approximate surface area is 157 Å². The second kappa shape index (κ2) is 8.91. The third-order valence-corrected chi connectivity index (χ3v) is 3.71. The van der Waals surface area contributed by atoms with Crippen molar-refractivity contribution in [1.82, 2.24) is 10.7 Å². The molecule has 2 aromatic carbocycles. The first kappa shape index (κ1) is 19.3. The molecule has 0 amide bonds. The summed E-state index contributed by atoms with van der Waals surface area (Å²) in [4.78, 5) is 12.9. The lowest BCUT2D eigenvalue weighted by atomic mass is 10.1. The van der Waals surface area contributed by atoms with Gasteiger partial charge in [-0.15, -0.1) is 0 Å². The molecule has 8 heteroatoms. The summed E-state index contributed by atoms with van der Waals surface area (Å²) in [5.41, 5.74) is 4.65. The van der Waals surface area contributed by atoms with Crippen molar-refractivity contribution in [2.75, 3.05) is 11.9 Å². The maximum Gasteiger partial charge on any atom is 0.293 e. The van der Waals surface area contributed by atoms with Crippen LogP contribution in [0.4, 0.5) is 17.1 Å². The third kappa shape index (κ3) is 5.25. The number of para-hydroxylation sites is 1. The Hall–Kier alpha value is -3.00. The summed E-state index contributed by atoms with van der Waals surface area (Å²) in [6.45, 7) is 3.92. The molecule has 0 aliphatic carbocycles. The van der Waals surface area contributed by atoms with Crippen molar-refractivity contribution in [2.24, 2.45) is 5.10 Å². The summed E-state index contributed by atoms with van der Waals surface area (Å²) < 4.78 is 0. The minimum Gasteiger partial charge on any atom is -0.359 e. The van der Waals surface area contributed by atoms with E-state index in [9.17, 15) is 10.1 Å². The van der Waals surface area contributed by atoms with Gasteiger partial charge < -0.3 is 10.2 Å². The second-order valence-electron chi connectivity index (χ2n) is 5.90. The lowest BCUT2D eigenvalue weighted by Crippen LogP contribution is -2.36. The number of rotatable bonds is 6. The Morgan fingerprint density at radius 3 is 2.58 bits per heavy atom. The van der Waals surface area contributed by atoms with E-state index in [1.54, 1.807) is 24.1 Å². The molecule has 0 saturated heterocycles. The SMILES string of the molecule is CC(C)NC(=S)N/N=C\c1ccc(N(C)c2ccccc2)c([N+](=O)[O-])c1. The van der Waals surface area contributed by atoms with Crippen LogP contribution in [-0.2, 0) is 0 Å². The summed E-state index contributed by atoms with van der Waals surface area (Å²) in [5.74, 6) is 0. The van der Waals surface area contributed by atoms with E-state index in [0.29, 0.717) is 16.4 Å². The van der Waals surface area contributed by atoms with Gasteiger partial charge in [0.2, 0.25) is 0 Å². The molecule has 0 saturated carbocycles. The highest BCUT2D eigenvalue weighted by Crippen LogP contribution is 2.32. The Balaban J connectivity index is 2.21. The molecule has 2 N–H and O–H groups in total. The van der Waals surface area contributed by atoms with Crippen molar-refractivity contribution < 1.29 is 4.92 Å². The van der Waals surface area contributed by atoms with Crippen LogP contribution >= 0.6 is 12.2 Å². The molecule has 0 bridgehead atoms. The molecule has 0 aromatic heterocycles. The number of anilines is 2. The van der Waals surface area contributed by atoms with Crippen molar-refractivity contribution in [3.8, 4) is 0 Å². The maximum atomic E-state index is 11.5. The molecular formula is C18H21N5O2S. The van der Waals surface area contributed by atoms with Crippen molar-refractivity contribution in [3.05, 3.63) is 64.2 Å². The van der Waals surface area contributed by atoms with Gasteiger partial charge in [0, 0.05) is 30.4 Å². The Morgan fingerprint density at radius 1 is 1.27 bits per heavy atom. The number of hydrazone groups is 1. The highest BCUT2D eigenvalue weighted by molar-refractivity contribution is 7.80. The van der Waals surface area contributed by atoms with Crippen LogP contribution in [0.3, 0.4) is 0 Å². The van der Waals surface area contributed by atoms with Gasteiger partial charge in [-0.05, 0) is 44.3 Å². The van der Waals surface area contributed by atoms with Gasteiger partial charge in [-0.3, -0.25) is 15.5 Å². The van der Waals surface area contributed by atoms with Gasteiger partial charge in [-0.1, -0.05) is 24.3 Å². The molecule has 0 unspecified atom stereocenters. The van der Waals surface area contributed by atoms with Crippen LogP contribution in [0.5, 0.6) is 0 Å². The summed E-state index contributed by atoms with van der Waals surface area (Å²) in [5, 5.41) is 18.9. The van der Waals surface area contributed by atoms with Gasteiger partial charge in [0.1, 0.15) is 5.69 Å². The number of nitrogens with one attached hydrogen (secondary N) is 2. The smallest absolute Gasteiger partial charge is 0.293 e. The molecular weight excluding hydrogens is 350 g/mol. The average Bonchev–Trinajstić information content (AvgIpc) is 2.61. The molecule has 136 valence electrons. The molecule has 0 heterocycles. The Kier molecular flexibility index (Phi) is 6.62. The fourth-order valence-corrected chi connectivity index (χ4v) is 2.59. The summed E-state index contributed by atoms with van der Waals surface area (Å²) in [6.07, 6.45) is 1.49. The van der Waals surface area contributed by atoms with Gasteiger partial charge in [0.25, 0.3) is 5.69 Å². The van der Waals surface area contributed by atoms with E-state index >= 15 is 0 Å². The molecule has 0 fully saturated rings. The summed E-state index contributed by atoms with van der Waals surface area (Å²) in [7, 11) is 1.79. The van der Waals surface area contributed by atoms with Crippen molar-refractivity contribution in [1.29, 1.82) is 0 Å². The Morgan fingerprint density at radius 2 is 1.96 bits per heavy atom. The van der Waals surface area contributed by atoms with Gasteiger partial charge in [-0.2, -0.15) is 5.10 Å². The zero-order chi connectivity index (χ0) is 19.1. The van der Waals surface area contributed by atoms with E-state index in [2.05, 4.69) is 15.8 Å². The molecule has 0 radical (unpaired) electrons. The maximum absolute atomic E-state index is 11.5. The van der Waals surface area contributed by atoms with Gasteiger partial charge in [-0.25, -0.2) is 0 Å². The van der Waals surface area contributed by atoms with Gasteiger partial charge in [0.15, 0.2) is 5.11 Å². The molecule has 26 heavy (non-hydrogen) atoms. The molecule has 7 nitrogen and oxygen atoms in total. The first-order chi connectivity index (χ1) is 12.4. The highest BCUT2D eigenvalue weighted by Gasteiger charge is 2.18. The topological polar surface area (TPSA) is 82.8 Å². The highest BCUT2D eigenvalue weighted by atomic mass is 32.1. The van der Waals surface area contributed by atoms with Crippen LogP contribution in [0.2, 0.25) is 0 Å².